The van der Waals surface area contributed by atoms with Gasteiger partial charge in [0, 0.05) is 43.4 Å². The molecule has 3 heterocycles. The maximum atomic E-state index is 13.0. The number of rotatable bonds is 13. The van der Waals surface area contributed by atoms with Gasteiger partial charge in [-0.15, -0.1) is 0 Å². The molecule has 0 bridgehead atoms. The molecule has 7 rings (SSSR count). The van der Waals surface area contributed by atoms with Gasteiger partial charge >= 0.3 is 0 Å². The largest absolute Gasteiger partial charge is 0.388 e. The number of aromatic nitrogens is 4. The lowest BCUT2D eigenvalue weighted by Crippen LogP contribution is -2.42. The number of sulfonamides is 1. The van der Waals surface area contributed by atoms with E-state index in [1.807, 2.05) is 71.6 Å². The van der Waals surface area contributed by atoms with Crippen LogP contribution in [0.2, 0.25) is 0 Å². The van der Waals surface area contributed by atoms with Crippen molar-refractivity contribution in [3.05, 3.63) is 119 Å². The standard InChI is InChI=1S/C39H44N8O5S/c1-2-33(48)42-31-22-32(36(50)35(31)49)47-25-41-34-37(40-23-30(27-14-8-4-9-15-27)28-16-10-5-11-17-28)43-39(44-38(34)47)46-20-18-29(24-46)45-53(51,52)21-19-26-12-6-3-7-13-26/h3-17,19,21,25,29-32,35-36,45,49-50H,2,18,20,22-24H2,1H3,(H,42,48)(H,40,43,44)/t29-,31+,32-,35-,36+/m1/s1. The van der Waals surface area contributed by atoms with Crippen LogP contribution in [-0.4, -0.2) is 88.0 Å². The molecule has 0 unspecified atom stereocenters. The topological polar surface area (TPSA) is 175 Å². The number of hydrogen-bond donors (Lipinski definition) is 5. The van der Waals surface area contributed by atoms with Gasteiger partial charge in [-0.3, -0.25) is 4.79 Å². The number of aliphatic hydroxyl groups excluding tert-OH is 2. The minimum atomic E-state index is -3.72. The zero-order valence-electron chi connectivity index (χ0n) is 29.4. The van der Waals surface area contributed by atoms with Gasteiger partial charge in [0.15, 0.2) is 17.0 Å². The average molecular weight is 737 g/mol. The number of carbonyl (C=O) groups excluding carboxylic acids is 1. The van der Waals surface area contributed by atoms with Crippen LogP contribution in [0, 0.1) is 0 Å². The molecule has 5 aromatic rings. The van der Waals surface area contributed by atoms with Gasteiger partial charge in [0.05, 0.1) is 18.4 Å². The maximum Gasteiger partial charge on any atom is 0.234 e. The molecule has 53 heavy (non-hydrogen) atoms. The Morgan fingerprint density at radius 1 is 0.943 bits per heavy atom. The highest BCUT2D eigenvalue weighted by molar-refractivity contribution is 7.92. The summed E-state index contributed by atoms with van der Waals surface area (Å²) in [5, 5.41) is 29.7. The SMILES string of the molecule is CCC(=O)N[C@H]1C[C@@H](n2cnc3c(NCC(c4ccccc4)c4ccccc4)nc(N4CC[C@@H](NS(=O)(=O)C=Cc5ccccc5)C4)nc32)[C@H](O)[C@@H]1O. The Morgan fingerprint density at radius 3 is 2.26 bits per heavy atom. The molecule has 1 saturated carbocycles. The van der Waals surface area contributed by atoms with Crippen molar-refractivity contribution in [1.82, 2.24) is 29.6 Å². The Morgan fingerprint density at radius 2 is 1.60 bits per heavy atom. The normalized spacial score (nSPS) is 21.9. The number of aliphatic hydroxyl groups is 2. The second kappa shape index (κ2) is 15.8. The lowest BCUT2D eigenvalue weighted by atomic mass is 9.91. The Hall–Kier alpha value is -5.15. The van der Waals surface area contributed by atoms with E-state index in [0.717, 1.165) is 16.7 Å². The van der Waals surface area contributed by atoms with E-state index in [1.165, 1.54) is 5.41 Å². The van der Waals surface area contributed by atoms with E-state index in [0.29, 0.717) is 49.0 Å². The minimum absolute atomic E-state index is 0.0165. The summed E-state index contributed by atoms with van der Waals surface area (Å²) in [6.45, 7) is 3.06. The van der Waals surface area contributed by atoms with Crippen molar-refractivity contribution in [2.75, 3.05) is 29.9 Å². The van der Waals surface area contributed by atoms with Crippen LogP contribution in [0.5, 0.6) is 0 Å². The third-order valence-corrected chi connectivity index (χ3v) is 11.2. The van der Waals surface area contributed by atoms with Crippen molar-refractivity contribution < 1.29 is 23.4 Å². The van der Waals surface area contributed by atoms with Gasteiger partial charge in [0.2, 0.25) is 21.9 Å². The highest BCUT2D eigenvalue weighted by Gasteiger charge is 2.44. The van der Waals surface area contributed by atoms with Crippen LogP contribution < -0.4 is 20.3 Å². The van der Waals surface area contributed by atoms with Crippen LogP contribution in [-0.2, 0) is 14.8 Å². The number of hydrogen-bond acceptors (Lipinski definition) is 10. The summed E-state index contributed by atoms with van der Waals surface area (Å²) in [6.07, 6.45) is 1.87. The predicted molar refractivity (Wildman–Crippen MR) is 205 cm³/mol. The molecule has 2 aromatic heterocycles. The van der Waals surface area contributed by atoms with Crippen molar-refractivity contribution >= 4 is 44.9 Å². The van der Waals surface area contributed by atoms with Crippen LogP contribution in [0.25, 0.3) is 17.2 Å². The van der Waals surface area contributed by atoms with Gasteiger partial charge in [-0.05, 0) is 35.6 Å². The second-order valence-corrected chi connectivity index (χ2v) is 15.2. The Balaban J connectivity index is 1.19. The molecule has 5 atom stereocenters. The maximum absolute atomic E-state index is 13.0. The molecule has 1 aliphatic heterocycles. The molecular formula is C39H44N8O5S. The fraction of sp³-hybridized carbons (Fsp3) is 0.333. The lowest BCUT2D eigenvalue weighted by molar-refractivity contribution is -0.122. The van der Waals surface area contributed by atoms with Crippen molar-refractivity contribution in [3.63, 3.8) is 0 Å². The summed E-state index contributed by atoms with van der Waals surface area (Å²) in [7, 11) is -3.72. The number of nitrogens with zero attached hydrogens (tertiary/aromatic N) is 5. The molecule has 1 aliphatic carbocycles. The van der Waals surface area contributed by atoms with E-state index in [1.54, 1.807) is 23.9 Å². The molecule has 1 amide bonds. The number of amides is 1. The molecule has 0 radical (unpaired) electrons. The number of anilines is 2. The summed E-state index contributed by atoms with van der Waals surface area (Å²) in [5.74, 6) is 0.634. The van der Waals surface area contributed by atoms with Crippen LogP contribution >= 0.6 is 0 Å². The second-order valence-electron chi connectivity index (χ2n) is 13.6. The van der Waals surface area contributed by atoms with Gasteiger partial charge in [-0.2, -0.15) is 9.97 Å². The first-order valence-electron chi connectivity index (χ1n) is 17.9. The number of nitrogens with one attached hydrogen (secondary N) is 3. The predicted octanol–water partition coefficient (Wildman–Crippen LogP) is 3.80. The number of benzene rings is 3. The first kappa shape index (κ1) is 36.2. The molecule has 1 saturated heterocycles. The number of imidazole rings is 1. The van der Waals surface area contributed by atoms with E-state index in [-0.39, 0.29) is 30.7 Å². The molecule has 2 aliphatic rings. The van der Waals surface area contributed by atoms with E-state index < -0.39 is 34.3 Å². The third-order valence-electron chi connectivity index (χ3n) is 10.0. The summed E-state index contributed by atoms with van der Waals surface area (Å²) in [5.41, 5.74) is 3.97. The van der Waals surface area contributed by atoms with Crippen LogP contribution in [0.4, 0.5) is 11.8 Å². The Bertz CT molecular complexity index is 2110. The van der Waals surface area contributed by atoms with Gasteiger partial charge < -0.3 is 30.3 Å². The fourth-order valence-electron chi connectivity index (χ4n) is 7.19. The minimum Gasteiger partial charge on any atom is -0.388 e. The molecule has 13 nitrogen and oxygen atoms in total. The first-order chi connectivity index (χ1) is 25.7. The first-order valence-corrected chi connectivity index (χ1v) is 19.5. The van der Waals surface area contributed by atoms with Gasteiger partial charge in [-0.25, -0.2) is 18.1 Å². The molecule has 0 spiro atoms. The molecule has 2 fully saturated rings. The van der Waals surface area contributed by atoms with Crippen molar-refractivity contribution in [3.8, 4) is 0 Å². The lowest BCUT2D eigenvalue weighted by Gasteiger charge is -2.22. The highest BCUT2D eigenvalue weighted by atomic mass is 32.2. The van der Waals surface area contributed by atoms with Crippen LogP contribution in [0.3, 0.4) is 0 Å². The van der Waals surface area contributed by atoms with E-state index in [4.69, 9.17) is 15.0 Å². The zero-order valence-corrected chi connectivity index (χ0v) is 30.2. The number of fused-ring (bicyclic) bond motifs is 1. The zero-order chi connectivity index (χ0) is 37.0. The van der Waals surface area contributed by atoms with Crippen LogP contribution in [0.15, 0.2) is 103 Å². The van der Waals surface area contributed by atoms with Gasteiger partial charge in [0.1, 0.15) is 12.2 Å². The van der Waals surface area contributed by atoms with Crippen LogP contribution in [0.1, 0.15) is 54.8 Å². The monoisotopic (exact) mass is 736 g/mol. The van der Waals surface area contributed by atoms with E-state index >= 15 is 0 Å². The fourth-order valence-corrected chi connectivity index (χ4v) is 8.26. The molecule has 14 heteroatoms. The highest BCUT2D eigenvalue weighted by Crippen LogP contribution is 2.35. The molecular weight excluding hydrogens is 693 g/mol. The Labute approximate surface area is 308 Å². The van der Waals surface area contributed by atoms with E-state index in [9.17, 15) is 23.4 Å². The molecule has 3 aromatic carbocycles. The van der Waals surface area contributed by atoms with Crippen molar-refractivity contribution in [2.24, 2.45) is 0 Å². The summed E-state index contributed by atoms with van der Waals surface area (Å²) in [4.78, 5) is 28.7. The summed E-state index contributed by atoms with van der Waals surface area (Å²) >= 11 is 0. The van der Waals surface area contributed by atoms with Crippen molar-refractivity contribution in [2.45, 2.75) is 62.4 Å². The third kappa shape index (κ3) is 8.25. The van der Waals surface area contributed by atoms with Gasteiger partial charge in [0.25, 0.3) is 0 Å². The quantitative estimate of drug-likeness (QED) is 0.120. The summed E-state index contributed by atoms with van der Waals surface area (Å²) < 4.78 is 30.5. The van der Waals surface area contributed by atoms with Crippen molar-refractivity contribution in [1.29, 1.82) is 0 Å². The smallest absolute Gasteiger partial charge is 0.234 e. The molecule has 5 N–H and O–H groups in total. The molecule has 276 valence electrons. The van der Waals surface area contributed by atoms with E-state index in [2.05, 4.69) is 39.6 Å². The average Bonchev–Trinajstić information content (AvgIpc) is 3.89. The Kier molecular flexibility index (Phi) is 10.8. The number of carbonyl (C=O) groups is 1. The summed E-state index contributed by atoms with van der Waals surface area (Å²) in [6, 6.07) is 28.0. The van der Waals surface area contributed by atoms with Gasteiger partial charge in [-0.1, -0.05) is 97.9 Å².